The molecule has 5 heteroatoms. The van der Waals surface area contributed by atoms with E-state index in [-0.39, 0.29) is 6.17 Å². The van der Waals surface area contributed by atoms with Crippen LogP contribution in [0.4, 0.5) is 0 Å². The average Bonchev–Trinajstić information content (AvgIpc) is 2.96. The highest BCUT2D eigenvalue weighted by molar-refractivity contribution is 5.93. The number of nitrogens with one attached hydrogen (secondary N) is 2. The molecule has 2 aromatic rings. The molecule has 0 amide bonds. The quantitative estimate of drug-likeness (QED) is 0.798. The minimum absolute atomic E-state index is 0.0999. The zero-order chi connectivity index (χ0) is 12.9. The molecule has 0 fully saturated rings. The Hall–Kier alpha value is -2.53. The molecule has 1 unspecified atom stereocenters. The van der Waals surface area contributed by atoms with Gasteiger partial charge in [-0.2, -0.15) is 0 Å². The maximum Gasteiger partial charge on any atom is 0.234 e. The Bertz CT molecular complexity index is 592. The van der Waals surface area contributed by atoms with Gasteiger partial charge in [-0.1, -0.05) is 36.4 Å². The number of aliphatic imine (C=N–C) groups is 2. The maximum absolute atomic E-state index is 4.44. The second kappa shape index (κ2) is 5.41. The van der Waals surface area contributed by atoms with Crippen LogP contribution >= 0.6 is 0 Å². The van der Waals surface area contributed by atoms with Crippen molar-refractivity contribution in [3.05, 3.63) is 66.0 Å². The van der Waals surface area contributed by atoms with Gasteiger partial charge in [0.25, 0.3) is 0 Å². The summed E-state index contributed by atoms with van der Waals surface area (Å²) in [6, 6.07) is 15.7. The van der Waals surface area contributed by atoms with E-state index in [1.165, 1.54) is 0 Å². The van der Waals surface area contributed by atoms with E-state index in [1.807, 2.05) is 48.5 Å². The Morgan fingerprint density at radius 1 is 1.05 bits per heavy atom. The molecule has 0 spiro atoms. The third-order valence-corrected chi connectivity index (χ3v) is 2.69. The van der Waals surface area contributed by atoms with Crippen molar-refractivity contribution in [1.29, 1.82) is 0 Å². The first kappa shape index (κ1) is 11.6. The number of nitrogens with zero attached hydrogens (tertiary/aromatic N) is 3. The van der Waals surface area contributed by atoms with Crippen LogP contribution in [0.3, 0.4) is 0 Å². The monoisotopic (exact) mass is 251 g/mol. The number of benzene rings is 1. The number of aromatic nitrogens is 1. The van der Waals surface area contributed by atoms with Crippen LogP contribution in [-0.4, -0.2) is 17.2 Å². The summed E-state index contributed by atoms with van der Waals surface area (Å²) in [6.07, 6.45) is 3.31. The van der Waals surface area contributed by atoms with Gasteiger partial charge in [0.1, 0.15) is 6.17 Å². The first-order valence-electron chi connectivity index (χ1n) is 6.01. The van der Waals surface area contributed by atoms with Gasteiger partial charge in [0.15, 0.2) is 0 Å². The normalized spacial score (nSPS) is 18.3. The topological polar surface area (TPSA) is 61.7 Å². The van der Waals surface area contributed by atoms with Gasteiger partial charge in [0, 0.05) is 6.20 Å². The van der Waals surface area contributed by atoms with Gasteiger partial charge >= 0.3 is 0 Å². The molecule has 0 radical (unpaired) electrons. The Balaban J connectivity index is 1.72. The van der Waals surface area contributed by atoms with Crippen LogP contribution in [-0.2, 0) is 0 Å². The molecule has 1 atom stereocenters. The standard InChI is InChI=1S/C14H13N5/c1-2-6-11(7-3-1)13-17-14(19-18-13)16-10-12-8-4-5-9-15-12/h1-10,13,18H,(H,17,19). The molecule has 1 aliphatic rings. The lowest BCUT2D eigenvalue weighted by Gasteiger charge is -2.05. The van der Waals surface area contributed by atoms with Crippen molar-refractivity contribution in [2.75, 3.05) is 0 Å². The molecule has 1 aromatic heterocycles. The van der Waals surface area contributed by atoms with Crippen LogP contribution in [0.5, 0.6) is 0 Å². The molecule has 1 aliphatic heterocycles. The lowest BCUT2D eigenvalue weighted by atomic mass is 10.2. The van der Waals surface area contributed by atoms with E-state index in [0.29, 0.717) is 5.96 Å². The molecule has 0 saturated carbocycles. The molecule has 2 heterocycles. The zero-order valence-corrected chi connectivity index (χ0v) is 10.2. The molecule has 0 aliphatic carbocycles. The predicted molar refractivity (Wildman–Crippen MR) is 74.7 cm³/mol. The van der Waals surface area contributed by atoms with E-state index in [1.54, 1.807) is 12.4 Å². The lowest BCUT2D eigenvalue weighted by molar-refractivity contribution is 0.574. The lowest BCUT2D eigenvalue weighted by Crippen LogP contribution is -2.30. The van der Waals surface area contributed by atoms with Gasteiger partial charge in [-0.25, -0.2) is 15.4 Å². The van der Waals surface area contributed by atoms with Gasteiger partial charge in [-0.3, -0.25) is 10.4 Å². The first-order valence-corrected chi connectivity index (χ1v) is 6.01. The van der Waals surface area contributed by atoms with Gasteiger partial charge in [-0.05, 0) is 17.7 Å². The van der Waals surface area contributed by atoms with E-state index < -0.39 is 0 Å². The van der Waals surface area contributed by atoms with Crippen molar-refractivity contribution in [2.45, 2.75) is 6.17 Å². The predicted octanol–water partition coefficient (Wildman–Crippen LogP) is 1.66. The van der Waals surface area contributed by atoms with E-state index in [0.717, 1.165) is 11.3 Å². The molecule has 19 heavy (non-hydrogen) atoms. The Kier molecular flexibility index (Phi) is 3.29. The maximum atomic E-state index is 4.44. The fraction of sp³-hybridized carbons (Fsp3) is 0.0714. The minimum Gasteiger partial charge on any atom is -0.288 e. The van der Waals surface area contributed by atoms with Gasteiger partial charge in [0.05, 0.1) is 11.9 Å². The number of hydrogen-bond acceptors (Lipinski definition) is 5. The smallest absolute Gasteiger partial charge is 0.234 e. The van der Waals surface area contributed by atoms with E-state index >= 15 is 0 Å². The summed E-state index contributed by atoms with van der Waals surface area (Å²) in [5.74, 6) is 0.555. The summed E-state index contributed by atoms with van der Waals surface area (Å²) in [4.78, 5) is 12.9. The molecule has 0 saturated heterocycles. The Morgan fingerprint density at radius 3 is 2.68 bits per heavy atom. The van der Waals surface area contributed by atoms with E-state index in [9.17, 15) is 0 Å². The van der Waals surface area contributed by atoms with E-state index in [4.69, 9.17) is 0 Å². The zero-order valence-electron chi connectivity index (χ0n) is 10.2. The van der Waals surface area contributed by atoms with Gasteiger partial charge < -0.3 is 0 Å². The summed E-state index contributed by atoms with van der Waals surface area (Å²) >= 11 is 0. The Labute approximate surface area is 111 Å². The van der Waals surface area contributed by atoms with Gasteiger partial charge in [0.2, 0.25) is 5.96 Å². The van der Waals surface area contributed by atoms with Crippen LogP contribution in [0.25, 0.3) is 0 Å². The molecule has 94 valence electrons. The van der Waals surface area contributed by atoms with Crippen molar-refractivity contribution < 1.29 is 0 Å². The highest BCUT2D eigenvalue weighted by Crippen LogP contribution is 2.15. The first-order chi connectivity index (χ1) is 9.42. The third-order valence-electron chi connectivity index (χ3n) is 2.69. The van der Waals surface area contributed by atoms with E-state index in [2.05, 4.69) is 25.8 Å². The van der Waals surface area contributed by atoms with Crippen LogP contribution in [0.2, 0.25) is 0 Å². The highest BCUT2D eigenvalue weighted by Gasteiger charge is 2.16. The van der Waals surface area contributed by atoms with Crippen LogP contribution in [0, 0.1) is 0 Å². The number of hydrogen-bond donors (Lipinski definition) is 2. The largest absolute Gasteiger partial charge is 0.288 e. The van der Waals surface area contributed by atoms with Gasteiger partial charge in [-0.15, -0.1) is 0 Å². The Morgan fingerprint density at radius 2 is 1.89 bits per heavy atom. The van der Waals surface area contributed by atoms with Crippen molar-refractivity contribution in [1.82, 2.24) is 15.8 Å². The second-order valence-electron chi connectivity index (χ2n) is 4.05. The van der Waals surface area contributed by atoms with Crippen LogP contribution < -0.4 is 10.9 Å². The SMILES string of the molecule is C(=NC1=NC(c2ccccc2)NN1)c1ccccn1. The van der Waals surface area contributed by atoms with Crippen molar-refractivity contribution in [2.24, 2.45) is 9.98 Å². The molecular weight excluding hydrogens is 238 g/mol. The number of rotatable bonds is 2. The second-order valence-corrected chi connectivity index (χ2v) is 4.05. The molecule has 5 nitrogen and oxygen atoms in total. The fourth-order valence-corrected chi connectivity index (χ4v) is 1.76. The fourth-order valence-electron chi connectivity index (χ4n) is 1.76. The van der Waals surface area contributed by atoms with Crippen LogP contribution in [0.15, 0.2) is 64.7 Å². The molecule has 2 N–H and O–H groups in total. The molecular formula is C14H13N5. The van der Waals surface area contributed by atoms with Crippen LogP contribution in [0.1, 0.15) is 17.4 Å². The average molecular weight is 251 g/mol. The molecule has 3 rings (SSSR count). The number of guanidine groups is 1. The summed E-state index contributed by atoms with van der Waals surface area (Å²) in [5.41, 5.74) is 7.92. The highest BCUT2D eigenvalue weighted by atomic mass is 15.5. The molecule has 0 bridgehead atoms. The summed E-state index contributed by atoms with van der Waals surface area (Å²) < 4.78 is 0. The summed E-state index contributed by atoms with van der Waals surface area (Å²) in [6.45, 7) is 0. The third kappa shape index (κ3) is 2.83. The van der Waals surface area contributed by atoms with Crippen molar-refractivity contribution in [3.63, 3.8) is 0 Å². The van der Waals surface area contributed by atoms with Crippen molar-refractivity contribution in [3.8, 4) is 0 Å². The minimum atomic E-state index is -0.0999. The molecule has 1 aromatic carbocycles. The summed E-state index contributed by atoms with van der Waals surface area (Å²) in [7, 11) is 0. The van der Waals surface area contributed by atoms with Crippen molar-refractivity contribution >= 4 is 12.2 Å². The number of hydrazine groups is 1. The summed E-state index contributed by atoms with van der Waals surface area (Å²) in [5, 5.41) is 0. The number of pyridine rings is 1.